The van der Waals surface area contributed by atoms with Crippen LogP contribution in [0.4, 0.5) is 0 Å². The molecule has 2 aliphatic rings. The second-order valence-electron chi connectivity index (χ2n) is 14.3. The molecule has 2 aliphatic carbocycles. The van der Waals surface area contributed by atoms with Gasteiger partial charge in [-0.15, -0.1) is 0 Å². The van der Waals surface area contributed by atoms with E-state index in [1.54, 1.807) is 10.4 Å². The van der Waals surface area contributed by atoms with Gasteiger partial charge in [-0.2, -0.15) is 0 Å². The quantitative estimate of drug-likeness (QED) is 0.145. The molecule has 7 rings (SSSR count). The molecule has 5 aromatic carbocycles. The van der Waals surface area contributed by atoms with Crippen LogP contribution in [0.3, 0.4) is 0 Å². The summed E-state index contributed by atoms with van der Waals surface area (Å²) in [4.78, 5) is 0. The Labute approximate surface area is 277 Å². The summed E-state index contributed by atoms with van der Waals surface area (Å²) < 4.78 is 0. The Morgan fingerprint density at radius 1 is 0.543 bits per heavy atom. The van der Waals surface area contributed by atoms with Gasteiger partial charge in [-0.25, -0.2) is 0 Å². The topological polar surface area (TPSA) is 0 Å². The van der Waals surface area contributed by atoms with Crippen LogP contribution in [0.15, 0.2) is 126 Å². The van der Waals surface area contributed by atoms with Crippen LogP contribution >= 0.6 is 0 Å². The smallest absolute Gasteiger partial charge is 0.0712 e. The predicted octanol–water partition coefficient (Wildman–Crippen LogP) is 12.2. The number of hydrogen-bond acceptors (Lipinski definition) is 0. The molecule has 0 saturated heterocycles. The van der Waals surface area contributed by atoms with Crippen LogP contribution in [-0.4, -0.2) is 8.07 Å². The first-order valence-corrected chi connectivity index (χ1v) is 19.9. The van der Waals surface area contributed by atoms with Crippen LogP contribution in [0.25, 0.3) is 34.4 Å². The van der Waals surface area contributed by atoms with E-state index in [2.05, 4.69) is 162 Å². The van der Waals surface area contributed by atoms with Gasteiger partial charge in [0.1, 0.15) is 8.07 Å². The fraction of sp³-hybridized carbons (Fsp3) is 0.244. The molecule has 0 spiro atoms. The number of benzene rings is 5. The summed E-state index contributed by atoms with van der Waals surface area (Å²) >= 11 is 0. The Morgan fingerprint density at radius 2 is 1.02 bits per heavy atom. The second kappa shape index (κ2) is 12.5. The summed E-state index contributed by atoms with van der Waals surface area (Å²) in [7, 11) is -2.04. The monoisotopic (exact) mass is 614 g/mol. The van der Waals surface area contributed by atoms with Crippen LogP contribution in [-0.2, 0) is 19.3 Å². The van der Waals surface area contributed by atoms with Crippen molar-refractivity contribution in [3.63, 3.8) is 0 Å². The van der Waals surface area contributed by atoms with E-state index in [0.717, 1.165) is 19.3 Å². The van der Waals surface area contributed by atoms with Crippen molar-refractivity contribution < 1.29 is 0 Å². The largest absolute Gasteiger partial charge is 0.107 e. The molecule has 230 valence electrons. The number of fused-ring (bicyclic) bond motifs is 2. The van der Waals surface area contributed by atoms with Crippen LogP contribution in [0, 0.1) is 0 Å². The number of hydrogen-bond donors (Lipinski definition) is 0. The van der Waals surface area contributed by atoms with Gasteiger partial charge in [-0.05, 0) is 98.3 Å². The fourth-order valence-electron chi connectivity index (χ4n) is 7.65. The molecular weight excluding hydrogens is 569 g/mol. The van der Waals surface area contributed by atoms with Crippen LogP contribution in [0.5, 0.6) is 0 Å². The second-order valence-corrected chi connectivity index (χ2v) is 18.8. The third-order valence-corrected chi connectivity index (χ3v) is 15.4. The molecule has 0 heterocycles. The van der Waals surface area contributed by atoms with Gasteiger partial charge < -0.3 is 0 Å². The van der Waals surface area contributed by atoms with Crippen molar-refractivity contribution in [1.82, 2.24) is 0 Å². The van der Waals surface area contributed by atoms with Crippen molar-refractivity contribution in [2.75, 3.05) is 0 Å². The summed E-state index contributed by atoms with van der Waals surface area (Å²) in [6.45, 7) is 11.8. The third kappa shape index (κ3) is 5.78. The molecule has 0 unspecified atom stereocenters. The highest BCUT2D eigenvalue weighted by molar-refractivity contribution is 6.93. The zero-order valence-corrected chi connectivity index (χ0v) is 29.1. The Bertz CT molecular complexity index is 1830. The van der Waals surface area contributed by atoms with Crippen LogP contribution in [0.1, 0.15) is 78.5 Å². The first-order valence-electron chi connectivity index (χ1n) is 17.2. The lowest BCUT2D eigenvalue weighted by Gasteiger charge is -2.31. The maximum absolute atomic E-state index is 2.67. The van der Waals surface area contributed by atoms with E-state index in [1.165, 1.54) is 67.2 Å². The van der Waals surface area contributed by atoms with Crippen molar-refractivity contribution in [3.8, 4) is 22.3 Å². The molecule has 0 aliphatic heterocycles. The standard InChI is InChI=1S/C45H46Si/c1-31(2)34-15-9-17-36(25-34)42-21-11-19-38-27-40(29-44(38)42)46(5,24-23-33-13-7-6-8-14-33)41-28-39-20-12-22-43(45(39)30-41)37-18-10-16-35(26-37)32(3)4/h6-22,25-26,29-32H,23-24,27-28H2,1-5H3. The molecule has 5 aromatic rings. The minimum Gasteiger partial charge on any atom is -0.0712 e. The van der Waals surface area contributed by atoms with Gasteiger partial charge in [0.2, 0.25) is 0 Å². The Balaban J connectivity index is 1.31. The van der Waals surface area contributed by atoms with Gasteiger partial charge in [-0.1, -0.05) is 172 Å². The van der Waals surface area contributed by atoms with Crippen molar-refractivity contribution in [3.05, 3.63) is 165 Å². The molecule has 0 fully saturated rings. The first-order chi connectivity index (χ1) is 22.3. The van der Waals surface area contributed by atoms with E-state index in [4.69, 9.17) is 0 Å². The Morgan fingerprint density at radius 3 is 1.50 bits per heavy atom. The van der Waals surface area contributed by atoms with Crippen molar-refractivity contribution >= 4 is 20.2 Å². The zero-order chi connectivity index (χ0) is 31.8. The van der Waals surface area contributed by atoms with Crippen LogP contribution in [0.2, 0.25) is 12.6 Å². The number of allylic oxidation sites excluding steroid dienone is 2. The van der Waals surface area contributed by atoms with Gasteiger partial charge in [0.05, 0.1) is 0 Å². The van der Waals surface area contributed by atoms with E-state index in [-0.39, 0.29) is 0 Å². The first kappa shape index (κ1) is 30.5. The lowest BCUT2D eigenvalue weighted by molar-refractivity contribution is 0.867. The average Bonchev–Trinajstić information content (AvgIpc) is 3.73. The molecule has 0 saturated carbocycles. The summed E-state index contributed by atoms with van der Waals surface area (Å²) in [5.74, 6) is 1.04. The maximum Gasteiger partial charge on any atom is 0.107 e. The van der Waals surface area contributed by atoms with Crippen molar-refractivity contribution in [2.24, 2.45) is 0 Å². The number of aryl methyl sites for hydroxylation is 1. The van der Waals surface area contributed by atoms with Gasteiger partial charge in [-0.3, -0.25) is 0 Å². The summed E-state index contributed by atoms with van der Waals surface area (Å²) in [5, 5.41) is 3.38. The summed E-state index contributed by atoms with van der Waals surface area (Å²) in [5.41, 5.74) is 15.6. The molecule has 46 heavy (non-hydrogen) atoms. The Hall–Kier alpha value is -4.20. The van der Waals surface area contributed by atoms with E-state index < -0.39 is 8.07 Å². The van der Waals surface area contributed by atoms with E-state index in [0.29, 0.717) is 11.8 Å². The third-order valence-electron chi connectivity index (χ3n) is 10.7. The SMILES string of the molecule is CC(C)c1cccc(-c2cccc3c2C=C([Si](C)(CCc2ccccc2)C2=Cc4c(cccc4-c4cccc(C(C)C)c4)C2)C3)c1. The normalized spacial score (nSPS) is 14.0. The Kier molecular flexibility index (Phi) is 8.30. The lowest BCUT2D eigenvalue weighted by Crippen LogP contribution is -2.37. The lowest BCUT2D eigenvalue weighted by atomic mass is 9.93. The molecule has 1 heteroatoms. The minimum absolute atomic E-state index is 0.519. The molecule has 0 N–H and O–H groups in total. The molecular formula is C45H46Si. The maximum atomic E-state index is 2.67. The van der Waals surface area contributed by atoms with Crippen molar-refractivity contribution in [2.45, 2.75) is 71.4 Å². The van der Waals surface area contributed by atoms with Gasteiger partial charge in [0.15, 0.2) is 0 Å². The minimum atomic E-state index is -2.04. The molecule has 0 nitrogen and oxygen atoms in total. The molecule has 0 aromatic heterocycles. The molecule has 0 bridgehead atoms. The van der Waals surface area contributed by atoms with E-state index >= 15 is 0 Å². The molecule has 0 amide bonds. The van der Waals surface area contributed by atoms with E-state index in [1.807, 2.05) is 0 Å². The molecule has 0 radical (unpaired) electrons. The summed E-state index contributed by atoms with van der Waals surface area (Å²) in [6, 6.07) is 44.8. The average molecular weight is 615 g/mol. The number of rotatable bonds is 9. The summed E-state index contributed by atoms with van der Waals surface area (Å²) in [6.07, 6.45) is 8.52. The fourth-order valence-corrected chi connectivity index (χ4v) is 11.6. The predicted molar refractivity (Wildman–Crippen MR) is 202 cm³/mol. The molecule has 0 atom stereocenters. The van der Waals surface area contributed by atoms with Gasteiger partial charge >= 0.3 is 0 Å². The van der Waals surface area contributed by atoms with Gasteiger partial charge in [0, 0.05) is 0 Å². The van der Waals surface area contributed by atoms with Gasteiger partial charge in [0.25, 0.3) is 0 Å². The highest BCUT2D eigenvalue weighted by Crippen LogP contribution is 2.45. The van der Waals surface area contributed by atoms with Crippen LogP contribution < -0.4 is 0 Å². The van der Waals surface area contributed by atoms with Crippen molar-refractivity contribution in [1.29, 1.82) is 0 Å². The zero-order valence-electron chi connectivity index (χ0n) is 28.1. The highest BCUT2D eigenvalue weighted by atomic mass is 28.3. The highest BCUT2D eigenvalue weighted by Gasteiger charge is 2.40. The van der Waals surface area contributed by atoms with E-state index in [9.17, 15) is 0 Å².